The Labute approximate surface area is 113 Å². The first kappa shape index (κ1) is 13.6. The lowest BCUT2D eigenvalue weighted by atomic mass is 10.1. The number of rotatable bonds is 3. The Morgan fingerprint density at radius 3 is 2.47 bits per heavy atom. The van der Waals surface area contributed by atoms with E-state index < -0.39 is 20.8 Å². The summed E-state index contributed by atoms with van der Waals surface area (Å²) in [5.74, 6) is -0.659. The van der Waals surface area contributed by atoms with Crippen LogP contribution in [0.3, 0.4) is 0 Å². The number of halogens is 1. The number of aldehydes is 1. The molecular formula is C11H7ClO6S. The molecule has 0 amide bonds. The molecule has 0 atom stereocenters. The number of aromatic hydroxyl groups is 1. The van der Waals surface area contributed by atoms with Crippen molar-refractivity contribution in [3.05, 3.63) is 35.0 Å². The average molecular weight is 303 g/mol. The van der Waals surface area contributed by atoms with Crippen molar-refractivity contribution in [1.82, 2.24) is 0 Å². The minimum atomic E-state index is -4.63. The van der Waals surface area contributed by atoms with E-state index in [0.717, 1.165) is 6.07 Å². The Bertz CT molecular complexity index is 747. The smallest absolute Gasteiger partial charge is 0.298 e. The van der Waals surface area contributed by atoms with E-state index in [4.69, 9.17) is 20.6 Å². The van der Waals surface area contributed by atoms with Crippen molar-refractivity contribution >= 4 is 28.0 Å². The molecule has 0 spiro atoms. The van der Waals surface area contributed by atoms with Gasteiger partial charge in [-0.2, -0.15) is 8.42 Å². The van der Waals surface area contributed by atoms with Crippen LogP contribution in [0.2, 0.25) is 5.02 Å². The van der Waals surface area contributed by atoms with Crippen LogP contribution >= 0.6 is 11.6 Å². The molecule has 2 N–H and O–H groups in total. The molecule has 0 aliphatic heterocycles. The molecule has 2 aromatic rings. The van der Waals surface area contributed by atoms with Gasteiger partial charge in [-0.3, -0.25) is 9.35 Å². The van der Waals surface area contributed by atoms with Crippen molar-refractivity contribution in [2.24, 2.45) is 0 Å². The highest BCUT2D eigenvalue weighted by molar-refractivity contribution is 7.86. The maximum Gasteiger partial charge on any atom is 0.298 e. The van der Waals surface area contributed by atoms with Crippen LogP contribution in [0.4, 0.5) is 0 Å². The van der Waals surface area contributed by atoms with Crippen LogP contribution in [0.25, 0.3) is 11.3 Å². The van der Waals surface area contributed by atoms with Gasteiger partial charge < -0.3 is 9.52 Å². The summed E-state index contributed by atoms with van der Waals surface area (Å²) in [6.45, 7) is 0. The molecule has 0 radical (unpaired) electrons. The number of benzene rings is 1. The van der Waals surface area contributed by atoms with Crippen LogP contribution in [-0.2, 0) is 10.1 Å². The maximum atomic E-state index is 11.1. The van der Waals surface area contributed by atoms with Crippen molar-refractivity contribution in [2.75, 3.05) is 0 Å². The van der Waals surface area contributed by atoms with Crippen LogP contribution in [0, 0.1) is 0 Å². The zero-order valence-electron chi connectivity index (χ0n) is 9.20. The molecule has 0 saturated carbocycles. The van der Waals surface area contributed by atoms with Gasteiger partial charge in [0.2, 0.25) is 0 Å². The predicted octanol–water partition coefficient (Wildman–Crippen LogP) is 2.36. The van der Waals surface area contributed by atoms with E-state index in [2.05, 4.69) is 0 Å². The van der Waals surface area contributed by atoms with Gasteiger partial charge >= 0.3 is 0 Å². The molecule has 1 heterocycles. The Morgan fingerprint density at radius 2 is 1.95 bits per heavy atom. The fourth-order valence-corrected chi connectivity index (χ4v) is 2.43. The van der Waals surface area contributed by atoms with E-state index >= 15 is 0 Å². The van der Waals surface area contributed by atoms with E-state index in [0.29, 0.717) is 6.29 Å². The summed E-state index contributed by atoms with van der Waals surface area (Å²) in [5.41, 5.74) is -0.0479. The van der Waals surface area contributed by atoms with Gasteiger partial charge in [0.15, 0.2) is 12.0 Å². The van der Waals surface area contributed by atoms with Gasteiger partial charge in [-0.1, -0.05) is 11.6 Å². The first-order valence-corrected chi connectivity index (χ1v) is 6.70. The molecule has 8 heteroatoms. The number of hydrogen-bond acceptors (Lipinski definition) is 5. The normalized spacial score (nSPS) is 11.5. The number of phenols is 1. The minimum absolute atomic E-state index is 0.00258. The number of phenolic OH excluding ortho intramolecular Hbond substituents is 1. The Morgan fingerprint density at radius 1 is 1.26 bits per heavy atom. The minimum Gasteiger partial charge on any atom is -0.506 e. The summed E-state index contributed by atoms with van der Waals surface area (Å²) < 4.78 is 36.2. The second-order valence-electron chi connectivity index (χ2n) is 3.60. The number of furan rings is 1. The fraction of sp³-hybridized carbons (Fsp3) is 0. The zero-order valence-corrected chi connectivity index (χ0v) is 10.8. The van der Waals surface area contributed by atoms with E-state index in [1.54, 1.807) is 0 Å². The third-order valence-electron chi connectivity index (χ3n) is 2.33. The SMILES string of the molecule is O=Cc1ccc(-c2cc(Cl)cc(S(=O)(=O)O)c2O)o1. The zero-order chi connectivity index (χ0) is 14.2. The largest absolute Gasteiger partial charge is 0.506 e. The lowest BCUT2D eigenvalue weighted by Crippen LogP contribution is -1.99. The van der Waals surface area contributed by atoms with Crippen LogP contribution in [0.1, 0.15) is 10.6 Å². The number of carbonyl (C=O) groups excluding carboxylic acids is 1. The summed E-state index contributed by atoms with van der Waals surface area (Å²) in [6, 6.07) is 4.86. The third-order valence-corrected chi connectivity index (χ3v) is 3.41. The molecule has 0 fully saturated rings. The average Bonchev–Trinajstić information content (AvgIpc) is 2.78. The molecule has 0 saturated heterocycles. The van der Waals surface area contributed by atoms with Gasteiger partial charge in [-0.15, -0.1) is 0 Å². The summed E-state index contributed by atoms with van der Waals surface area (Å²) >= 11 is 5.72. The molecule has 0 aliphatic rings. The standard InChI is InChI=1S/C11H7ClO6S/c12-6-3-8(9-2-1-7(5-13)18-9)11(14)10(4-6)19(15,16)17/h1-5,14H,(H,15,16,17). The summed E-state index contributed by atoms with van der Waals surface area (Å²) in [4.78, 5) is 9.77. The predicted molar refractivity (Wildman–Crippen MR) is 66.0 cm³/mol. The van der Waals surface area contributed by atoms with Crippen molar-refractivity contribution in [3.63, 3.8) is 0 Å². The molecule has 0 unspecified atom stereocenters. The first-order chi connectivity index (χ1) is 8.82. The molecule has 2 rings (SSSR count). The third kappa shape index (κ3) is 2.62. The number of carbonyl (C=O) groups is 1. The molecule has 19 heavy (non-hydrogen) atoms. The summed E-state index contributed by atoms with van der Waals surface area (Å²) in [5, 5.41) is 9.81. The molecule has 0 aliphatic carbocycles. The maximum absolute atomic E-state index is 11.1. The van der Waals surface area contributed by atoms with Crippen molar-refractivity contribution in [1.29, 1.82) is 0 Å². The lowest BCUT2D eigenvalue weighted by Gasteiger charge is -2.07. The second kappa shape index (κ2) is 4.69. The topological polar surface area (TPSA) is 105 Å². The highest BCUT2D eigenvalue weighted by Crippen LogP contribution is 2.38. The summed E-state index contributed by atoms with van der Waals surface area (Å²) in [6.07, 6.45) is 0.453. The monoisotopic (exact) mass is 302 g/mol. The van der Waals surface area contributed by atoms with Crippen molar-refractivity contribution in [2.45, 2.75) is 4.90 Å². The van der Waals surface area contributed by atoms with Crippen molar-refractivity contribution < 1.29 is 27.3 Å². The first-order valence-electron chi connectivity index (χ1n) is 4.88. The van der Waals surface area contributed by atoms with Crippen LogP contribution in [0.5, 0.6) is 5.75 Å². The summed E-state index contributed by atoms with van der Waals surface area (Å²) in [7, 11) is -4.63. The van der Waals surface area contributed by atoms with Gasteiger partial charge in [-0.05, 0) is 24.3 Å². The van der Waals surface area contributed by atoms with Gasteiger partial charge in [0.1, 0.15) is 16.4 Å². The lowest BCUT2D eigenvalue weighted by molar-refractivity contribution is 0.110. The highest BCUT2D eigenvalue weighted by atomic mass is 35.5. The Balaban J connectivity index is 2.71. The highest BCUT2D eigenvalue weighted by Gasteiger charge is 2.21. The van der Waals surface area contributed by atoms with Crippen molar-refractivity contribution in [3.8, 4) is 17.1 Å². The molecule has 1 aromatic carbocycles. The van der Waals surface area contributed by atoms with Gasteiger partial charge in [0, 0.05) is 5.02 Å². The van der Waals surface area contributed by atoms with E-state index in [9.17, 15) is 18.3 Å². The molecule has 6 nitrogen and oxygen atoms in total. The van der Waals surface area contributed by atoms with E-state index in [1.165, 1.54) is 18.2 Å². The molecular weight excluding hydrogens is 296 g/mol. The van der Waals surface area contributed by atoms with Crippen LogP contribution in [-0.4, -0.2) is 24.4 Å². The van der Waals surface area contributed by atoms with Gasteiger partial charge in [0.25, 0.3) is 10.1 Å². The van der Waals surface area contributed by atoms with Gasteiger partial charge in [0.05, 0.1) is 5.56 Å². The van der Waals surface area contributed by atoms with E-state index in [-0.39, 0.29) is 22.1 Å². The Hall–Kier alpha value is -1.83. The molecule has 1 aromatic heterocycles. The number of hydrogen-bond donors (Lipinski definition) is 2. The van der Waals surface area contributed by atoms with E-state index in [1.807, 2.05) is 0 Å². The molecule has 0 bridgehead atoms. The van der Waals surface area contributed by atoms with Crippen LogP contribution < -0.4 is 0 Å². The second-order valence-corrected chi connectivity index (χ2v) is 5.42. The fourth-order valence-electron chi connectivity index (χ4n) is 1.52. The quantitative estimate of drug-likeness (QED) is 0.666. The Kier molecular flexibility index (Phi) is 3.36. The van der Waals surface area contributed by atoms with Gasteiger partial charge in [-0.25, -0.2) is 0 Å². The molecule has 100 valence electrons. The van der Waals surface area contributed by atoms with Crippen LogP contribution in [0.15, 0.2) is 33.6 Å².